The Balaban J connectivity index is 2.27. The Kier molecular flexibility index (Phi) is 2.22. The molecule has 0 radical (unpaired) electrons. The Bertz CT molecular complexity index is 673. The van der Waals surface area contributed by atoms with E-state index in [-0.39, 0.29) is 5.56 Å². The van der Waals surface area contributed by atoms with Crippen LogP contribution in [0.15, 0.2) is 59.7 Å². The molecule has 0 aliphatic carbocycles. The normalized spacial score (nSPS) is 10.6. The van der Waals surface area contributed by atoms with Crippen LogP contribution < -0.4 is 5.56 Å². The number of H-pyrrole nitrogens is 1. The van der Waals surface area contributed by atoms with Crippen LogP contribution in [0.4, 0.5) is 0 Å². The fourth-order valence-corrected chi connectivity index (χ4v) is 1.86. The standard InChI is InChI=1S/C14H10N2O/c17-14-12-9-15-7-6-11(12)8-13(16-14)10-4-2-1-3-5-10/h1-9,15H. The van der Waals surface area contributed by atoms with E-state index in [0.717, 1.165) is 11.1 Å². The van der Waals surface area contributed by atoms with Gasteiger partial charge >= 0.3 is 0 Å². The first kappa shape index (κ1) is 9.78. The van der Waals surface area contributed by atoms with Crippen molar-refractivity contribution in [2.45, 2.75) is 0 Å². The molecule has 17 heavy (non-hydrogen) atoms. The van der Waals surface area contributed by atoms with Crippen LogP contribution in [0.25, 0.3) is 22.4 Å². The fraction of sp³-hybridized carbons (Fsp3) is 0. The fourth-order valence-electron chi connectivity index (χ4n) is 1.86. The van der Waals surface area contributed by atoms with Gasteiger partial charge in [0.05, 0.1) is 11.3 Å². The van der Waals surface area contributed by atoms with E-state index in [1.165, 1.54) is 0 Å². The minimum atomic E-state index is -0.196. The third kappa shape index (κ3) is 1.72. The summed E-state index contributed by atoms with van der Waals surface area (Å²) < 4.78 is 0. The molecule has 0 saturated carbocycles. The molecule has 2 aliphatic heterocycles. The highest BCUT2D eigenvalue weighted by Crippen LogP contribution is 2.22. The molecule has 3 rings (SSSR count). The molecule has 2 aliphatic rings. The van der Waals surface area contributed by atoms with E-state index in [1.807, 2.05) is 42.5 Å². The average molecular weight is 222 g/mol. The van der Waals surface area contributed by atoms with Gasteiger partial charge in [-0.05, 0) is 17.7 Å². The number of rotatable bonds is 1. The van der Waals surface area contributed by atoms with Gasteiger partial charge in [-0.3, -0.25) is 4.79 Å². The average Bonchev–Trinajstić information content (AvgIpc) is 2.40. The monoisotopic (exact) mass is 222 g/mol. The van der Waals surface area contributed by atoms with Gasteiger partial charge in [-0.15, -0.1) is 0 Å². The van der Waals surface area contributed by atoms with Crippen molar-refractivity contribution in [3.63, 3.8) is 0 Å². The maximum atomic E-state index is 11.8. The molecule has 82 valence electrons. The Labute approximate surface area is 98.1 Å². The maximum absolute atomic E-state index is 11.8. The Morgan fingerprint density at radius 1 is 1.00 bits per heavy atom. The molecule has 0 atom stereocenters. The van der Waals surface area contributed by atoms with Crippen molar-refractivity contribution in [1.82, 2.24) is 9.97 Å². The number of aromatic amines is 1. The van der Waals surface area contributed by atoms with Crippen molar-refractivity contribution in [2.24, 2.45) is 0 Å². The van der Waals surface area contributed by atoms with Crippen LogP contribution in [0.2, 0.25) is 0 Å². The first-order valence-electron chi connectivity index (χ1n) is 5.38. The lowest BCUT2D eigenvalue weighted by molar-refractivity contribution is 1.21. The van der Waals surface area contributed by atoms with Crippen LogP contribution >= 0.6 is 0 Å². The van der Waals surface area contributed by atoms with Gasteiger partial charge in [0.15, 0.2) is 0 Å². The maximum Gasteiger partial charge on any atom is 0.279 e. The molecular formula is C14H10N2O. The number of hydrogen-bond acceptors (Lipinski definition) is 2. The zero-order chi connectivity index (χ0) is 11.7. The summed E-state index contributed by atoms with van der Waals surface area (Å²) >= 11 is 0. The smallest absolute Gasteiger partial charge is 0.279 e. The summed E-state index contributed by atoms with van der Waals surface area (Å²) in [6.07, 6.45) is 3.48. The second-order valence-electron chi connectivity index (χ2n) is 3.83. The second-order valence-corrected chi connectivity index (χ2v) is 3.83. The van der Waals surface area contributed by atoms with E-state index < -0.39 is 0 Å². The summed E-state index contributed by atoms with van der Waals surface area (Å²) in [6.45, 7) is 0. The van der Waals surface area contributed by atoms with Gasteiger partial charge in [0.25, 0.3) is 5.56 Å². The number of pyridine rings is 2. The van der Waals surface area contributed by atoms with Crippen LogP contribution in [0.1, 0.15) is 0 Å². The first-order chi connectivity index (χ1) is 8.34. The number of hydrogen-bond donors (Lipinski definition) is 1. The highest BCUT2D eigenvalue weighted by atomic mass is 16.1. The highest BCUT2D eigenvalue weighted by molar-refractivity contribution is 5.70. The van der Waals surface area contributed by atoms with Gasteiger partial charge in [0.1, 0.15) is 0 Å². The molecule has 0 aromatic heterocycles. The second kappa shape index (κ2) is 3.87. The molecule has 0 fully saturated rings. The quantitative estimate of drug-likeness (QED) is 0.687. The van der Waals surface area contributed by atoms with Gasteiger partial charge in [-0.1, -0.05) is 30.3 Å². The molecule has 0 saturated heterocycles. The summed E-state index contributed by atoms with van der Waals surface area (Å²) in [4.78, 5) is 18.8. The van der Waals surface area contributed by atoms with E-state index >= 15 is 0 Å². The minimum Gasteiger partial charge on any atom is -0.367 e. The predicted molar refractivity (Wildman–Crippen MR) is 66.9 cm³/mol. The summed E-state index contributed by atoms with van der Waals surface area (Å²) in [6, 6.07) is 13.5. The molecule has 0 spiro atoms. The lowest BCUT2D eigenvalue weighted by Gasteiger charge is -2.06. The van der Waals surface area contributed by atoms with Crippen molar-refractivity contribution >= 4 is 0 Å². The number of nitrogens with one attached hydrogen (secondary N) is 1. The first-order valence-corrected chi connectivity index (χ1v) is 5.38. The third-order valence-corrected chi connectivity index (χ3v) is 2.71. The van der Waals surface area contributed by atoms with Crippen LogP contribution in [-0.2, 0) is 0 Å². The lowest BCUT2D eigenvalue weighted by atomic mass is 10.0. The molecule has 0 bridgehead atoms. The SMILES string of the molecule is O=c1nc(-c2ccccc2)cc2cc[nH]cc1-2. The zero-order valence-electron chi connectivity index (χ0n) is 9.05. The predicted octanol–water partition coefficient (Wildman–Crippen LogP) is 2.54. The van der Waals surface area contributed by atoms with Gasteiger partial charge in [-0.25, -0.2) is 4.98 Å². The molecule has 1 aromatic rings. The van der Waals surface area contributed by atoms with Crippen molar-refractivity contribution in [2.75, 3.05) is 0 Å². The number of aromatic nitrogens is 2. The summed E-state index contributed by atoms with van der Waals surface area (Å²) in [5.41, 5.74) is 3.00. The Morgan fingerprint density at radius 3 is 2.65 bits per heavy atom. The summed E-state index contributed by atoms with van der Waals surface area (Å²) in [5, 5.41) is 0. The van der Waals surface area contributed by atoms with Crippen molar-refractivity contribution < 1.29 is 0 Å². The third-order valence-electron chi connectivity index (χ3n) is 2.71. The van der Waals surface area contributed by atoms with E-state index in [4.69, 9.17) is 0 Å². The Morgan fingerprint density at radius 2 is 1.82 bits per heavy atom. The van der Waals surface area contributed by atoms with Crippen LogP contribution in [-0.4, -0.2) is 9.97 Å². The zero-order valence-corrected chi connectivity index (χ0v) is 9.05. The van der Waals surface area contributed by atoms with Gasteiger partial charge < -0.3 is 4.98 Å². The minimum absolute atomic E-state index is 0.196. The van der Waals surface area contributed by atoms with Gasteiger partial charge in [0, 0.05) is 18.0 Å². The van der Waals surface area contributed by atoms with Crippen molar-refractivity contribution in [3.8, 4) is 22.4 Å². The largest absolute Gasteiger partial charge is 0.367 e. The lowest BCUT2D eigenvalue weighted by Crippen LogP contribution is -2.11. The van der Waals surface area contributed by atoms with E-state index in [0.29, 0.717) is 11.3 Å². The molecular weight excluding hydrogens is 212 g/mol. The summed E-state index contributed by atoms with van der Waals surface area (Å²) in [7, 11) is 0. The van der Waals surface area contributed by atoms with Crippen LogP contribution in [0, 0.1) is 0 Å². The molecule has 1 aromatic carbocycles. The molecule has 3 nitrogen and oxygen atoms in total. The van der Waals surface area contributed by atoms with Crippen molar-refractivity contribution in [1.29, 1.82) is 0 Å². The van der Waals surface area contributed by atoms with E-state index in [2.05, 4.69) is 9.97 Å². The van der Waals surface area contributed by atoms with E-state index in [9.17, 15) is 4.79 Å². The topological polar surface area (TPSA) is 45.8 Å². The summed E-state index contributed by atoms with van der Waals surface area (Å²) in [5.74, 6) is 0. The molecule has 3 heteroatoms. The molecule has 1 N–H and O–H groups in total. The number of nitrogens with zero attached hydrogens (tertiary/aromatic N) is 1. The van der Waals surface area contributed by atoms with Gasteiger partial charge in [-0.2, -0.15) is 0 Å². The molecule has 0 unspecified atom stereocenters. The highest BCUT2D eigenvalue weighted by Gasteiger charge is 2.09. The van der Waals surface area contributed by atoms with Gasteiger partial charge in [0.2, 0.25) is 0 Å². The molecule has 0 amide bonds. The number of benzene rings is 1. The van der Waals surface area contributed by atoms with Crippen LogP contribution in [0.5, 0.6) is 0 Å². The van der Waals surface area contributed by atoms with E-state index in [1.54, 1.807) is 12.4 Å². The number of fused-ring (bicyclic) bond motifs is 1. The van der Waals surface area contributed by atoms with Crippen molar-refractivity contribution in [3.05, 3.63) is 65.2 Å². The Hall–Kier alpha value is -2.42. The van der Waals surface area contributed by atoms with Crippen LogP contribution in [0.3, 0.4) is 0 Å². The molecule has 2 heterocycles.